The minimum Gasteiger partial charge on any atom is -0.308 e. The molecule has 3 heterocycles. The van der Waals surface area contributed by atoms with Gasteiger partial charge >= 0.3 is 0 Å². The van der Waals surface area contributed by atoms with Crippen molar-refractivity contribution in [3.63, 3.8) is 0 Å². The van der Waals surface area contributed by atoms with Crippen molar-refractivity contribution in [3.8, 4) is 113 Å². The predicted octanol–water partition coefficient (Wildman–Crippen LogP) is 17.2. The lowest BCUT2D eigenvalue weighted by Crippen LogP contribution is -2.11. The van der Waals surface area contributed by atoms with E-state index < -0.39 is 0 Å². The summed E-state index contributed by atoms with van der Waals surface area (Å²) in [6, 6.07) is 87.4. The number of hydrogen-bond acceptors (Lipinski definition) is 7. The molecular formula is C66H42ClN7. The van der Waals surface area contributed by atoms with Crippen LogP contribution in [0.4, 0.5) is 17.1 Å². The Bertz CT molecular complexity index is 3680. The molecule has 74 heavy (non-hydrogen) atoms. The van der Waals surface area contributed by atoms with E-state index >= 15 is 0 Å². The number of halogens is 1. The van der Waals surface area contributed by atoms with Crippen molar-refractivity contribution in [2.75, 3.05) is 4.90 Å². The van der Waals surface area contributed by atoms with Crippen molar-refractivity contribution >= 4 is 28.7 Å². The Kier molecular flexibility index (Phi) is 11.5. The predicted molar refractivity (Wildman–Crippen MR) is 301 cm³/mol. The van der Waals surface area contributed by atoms with Crippen molar-refractivity contribution < 1.29 is 0 Å². The maximum absolute atomic E-state index is 7.19. The molecule has 1 aliphatic rings. The van der Waals surface area contributed by atoms with Gasteiger partial charge < -0.3 is 4.90 Å². The SMILES string of the molecule is Clc1ccccc1N1c2ccc(-c3cccc(-c4nc(-c5ccccc5)nc(-c5ccccc5)n4)c3)cc2-c2ccccc2-c2cc(-c3cccc(-c4nc(-c5ccccc5)nc(-c5ccccc5)n4)c3)ccc21. The Morgan fingerprint density at radius 1 is 0.216 bits per heavy atom. The highest BCUT2D eigenvalue weighted by Gasteiger charge is 2.28. The number of rotatable bonds is 9. The van der Waals surface area contributed by atoms with Crippen molar-refractivity contribution in [2.45, 2.75) is 0 Å². The zero-order valence-electron chi connectivity index (χ0n) is 39.8. The second kappa shape index (κ2) is 19.1. The van der Waals surface area contributed by atoms with Gasteiger partial charge in [0, 0.05) is 44.5 Å². The molecule has 0 spiro atoms. The van der Waals surface area contributed by atoms with Crippen LogP contribution in [-0.4, -0.2) is 29.9 Å². The fourth-order valence-corrected chi connectivity index (χ4v) is 10.00. The van der Waals surface area contributed by atoms with E-state index in [1.165, 1.54) is 0 Å². The fourth-order valence-electron chi connectivity index (χ4n) is 9.78. The maximum Gasteiger partial charge on any atom is 0.164 e. The number of anilines is 3. The number of hydrogen-bond donors (Lipinski definition) is 0. The highest BCUT2D eigenvalue weighted by molar-refractivity contribution is 6.33. The summed E-state index contributed by atoms with van der Waals surface area (Å²) in [6.07, 6.45) is 0. The molecule has 0 saturated heterocycles. The topological polar surface area (TPSA) is 80.6 Å². The van der Waals surface area contributed by atoms with Crippen molar-refractivity contribution in [3.05, 3.63) is 260 Å². The largest absolute Gasteiger partial charge is 0.308 e. The lowest BCUT2D eigenvalue weighted by atomic mass is 9.91. The van der Waals surface area contributed by atoms with Crippen LogP contribution in [0.15, 0.2) is 255 Å². The Balaban J connectivity index is 0.928. The van der Waals surface area contributed by atoms with E-state index in [2.05, 4.69) is 120 Å². The van der Waals surface area contributed by atoms with E-state index in [9.17, 15) is 0 Å². The van der Waals surface area contributed by atoms with Gasteiger partial charge in [-0.2, -0.15) is 0 Å². The molecule has 0 atom stereocenters. The summed E-state index contributed by atoms with van der Waals surface area (Å²) in [4.78, 5) is 32.4. The van der Waals surface area contributed by atoms with Gasteiger partial charge in [-0.1, -0.05) is 218 Å². The zero-order valence-corrected chi connectivity index (χ0v) is 40.5. The molecule has 7 nitrogen and oxygen atoms in total. The van der Waals surface area contributed by atoms with E-state index in [0.29, 0.717) is 40.0 Å². The fraction of sp³-hybridized carbons (Fsp3) is 0. The Labute approximate surface area is 433 Å². The van der Waals surface area contributed by atoms with Crippen molar-refractivity contribution in [1.29, 1.82) is 0 Å². The first-order valence-corrected chi connectivity index (χ1v) is 24.8. The number of benzene rings is 10. The molecule has 0 aliphatic carbocycles. The van der Waals surface area contributed by atoms with E-state index in [0.717, 1.165) is 95.0 Å². The van der Waals surface area contributed by atoms with Gasteiger partial charge in [-0.15, -0.1) is 0 Å². The molecule has 0 N–H and O–H groups in total. The molecule has 12 aromatic rings. The minimum absolute atomic E-state index is 0.600. The maximum atomic E-state index is 7.19. The summed E-state index contributed by atoms with van der Waals surface area (Å²) < 4.78 is 0. The van der Waals surface area contributed by atoms with Crippen molar-refractivity contribution in [1.82, 2.24) is 29.9 Å². The van der Waals surface area contributed by atoms with Gasteiger partial charge in [-0.25, -0.2) is 29.9 Å². The first-order chi connectivity index (χ1) is 36.6. The molecule has 2 aromatic heterocycles. The minimum atomic E-state index is 0.600. The first kappa shape index (κ1) is 44.3. The number of nitrogens with zero attached hydrogens (tertiary/aromatic N) is 7. The van der Waals surface area contributed by atoms with E-state index in [1.54, 1.807) is 0 Å². The van der Waals surface area contributed by atoms with Gasteiger partial charge in [0.25, 0.3) is 0 Å². The lowest BCUT2D eigenvalue weighted by Gasteiger charge is -2.28. The molecule has 1 aliphatic heterocycles. The number of para-hydroxylation sites is 1. The van der Waals surface area contributed by atoms with Gasteiger partial charge in [0.1, 0.15) is 0 Å². The quantitative estimate of drug-likeness (QED) is 0.143. The van der Waals surface area contributed by atoms with Gasteiger partial charge in [0.05, 0.1) is 22.1 Å². The van der Waals surface area contributed by atoms with E-state index in [1.807, 2.05) is 140 Å². The highest BCUT2D eigenvalue weighted by atomic mass is 35.5. The summed E-state index contributed by atoms with van der Waals surface area (Å²) in [7, 11) is 0. The second-order valence-corrected chi connectivity index (χ2v) is 18.4. The lowest BCUT2D eigenvalue weighted by molar-refractivity contribution is 1.07. The third-order valence-corrected chi connectivity index (χ3v) is 13.7. The van der Waals surface area contributed by atoms with Crippen LogP contribution in [0.2, 0.25) is 5.02 Å². The van der Waals surface area contributed by atoms with Gasteiger partial charge in [0.2, 0.25) is 0 Å². The summed E-state index contributed by atoms with van der Waals surface area (Å²) in [6.45, 7) is 0. The van der Waals surface area contributed by atoms with Crippen LogP contribution in [0.3, 0.4) is 0 Å². The molecule has 348 valence electrons. The molecule has 0 fully saturated rings. The molecular weight excluding hydrogens is 926 g/mol. The Hall–Kier alpha value is -9.69. The molecule has 0 saturated carbocycles. The van der Waals surface area contributed by atoms with Crippen LogP contribution in [-0.2, 0) is 0 Å². The van der Waals surface area contributed by atoms with Crippen LogP contribution in [0.1, 0.15) is 0 Å². The normalized spacial score (nSPS) is 11.6. The average Bonchev–Trinajstić information content (AvgIpc) is 3.60. The average molecular weight is 969 g/mol. The van der Waals surface area contributed by atoms with Crippen molar-refractivity contribution in [2.24, 2.45) is 0 Å². The molecule has 0 unspecified atom stereocenters. The Morgan fingerprint density at radius 2 is 0.514 bits per heavy atom. The molecule has 0 radical (unpaired) electrons. The van der Waals surface area contributed by atoms with Crippen LogP contribution in [0, 0.1) is 0 Å². The second-order valence-electron chi connectivity index (χ2n) is 18.0. The van der Waals surface area contributed by atoms with Crippen LogP contribution in [0.25, 0.3) is 113 Å². The number of aromatic nitrogens is 6. The first-order valence-electron chi connectivity index (χ1n) is 24.5. The van der Waals surface area contributed by atoms with Crippen LogP contribution in [0.5, 0.6) is 0 Å². The third-order valence-electron chi connectivity index (χ3n) is 13.4. The summed E-state index contributed by atoms with van der Waals surface area (Å²) in [5, 5.41) is 0.646. The molecule has 13 rings (SSSR count). The van der Waals surface area contributed by atoms with Crippen LogP contribution >= 0.6 is 11.6 Å². The summed E-state index contributed by atoms with van der Waals surface area (Å²) >= 11 is 7.19. The van der Waals surface area contributed by atoms with Gasteiger partial charge in [-0.3, -0.25) is 0 Å². The summed E-state index contributed by atoms with van der Waals surface area (Å²) in [5.41, 5.74) is 16.9. The standard InChI is InChI=1S/C66H42ClN7/c67-57-33-15-16-34-60(57)74-58-37-35-49(47-27-17-29-51(39-47)65-70-61(43-19-5-1-6-20-43)68-62(71-65)44-21-7-2-8-22-44)41-55(58)53-31-13-14-32-54(53)56-42-50(36-38-59(56)74)48-28-18-30-52(40-48)66-72-63(45-23-9-3-10-24-45)69-64(73-66)46-25-11-4-12-26-46/h1-42H. The molecule has 10 aromatic carbocycles. The third kappa shape index (κ3) is 8.47. The van der Waals surface area contributed by atoms with Crippen LogP contribution < -0.4 is 4.90 Å². The monoisotopic (exact) mass is 967 g/mol. The smallest absolute Gasteiger partial charge is 0.164 e. The molecule has 0 bridgehead atoms. The Morgan fingerprint density at radius 3 is 0.892 bits per heavy atom. The number of fused-ring (bicyclic) bond motifs is 5. The molecule has 8 heteroatoms. The molecule has 0 amide bonds. The highest BCUT2D eigenvalue weighted by Crippen LogP contribution is 2.53. The van der Waals surface area contributed by atoms with E-state index in [-0.39, 0.29) is 0 Å². The van der Waals surface area contributed by atoms with Gasteiger partial charge in [0.15, 0.2) is 34.9 Å². The summed E-state index contributed by atoms with van der Waals surface area (Å²) in [5.74, 6) is 3.68. The van der Waals surface area contributed by atoms with E-state index in [4.69, 9.17) is 41.5 Å². The van der Waals surface area contributed by atoms with Gasteiger partial charge in [-0.05, 0) is 81.9 Å². The zero-order chi connectivity index (χ0) is 49.4.